The Labute approximate surface area is 75.3 Å². The first-order valence-corrected chi connectivity index (χ1v) is 4.85. The molecule has 0 radical (unpaired) electrons. The van der Waals surface area contributed by atoms with Crippen molar-refractivity contribution in [1.29, 1.82) is 0 Å². The minimum absolute atomic E-state index is 0.657. The molecule has 4 heteroatoms. The lowest BCUT2D eigenvalue weighted by Crippen LogP contribution is -2.20. The van der Waals surface area contributed by atoms with Crippen molar-refractivity contribution in [2.75, 3.05) is 18.8 Å². The van der Waals surface area contributed by atoms with Crippen molar-refractivity contribution in [3.05, 3.63) is 17.2 Å². The molecular formula is C8H11N3S. The van der Waals surface area contributed by atoms with Crippen LogP contribution < -0.4 is 11.1 Å². The van der Waals surface area contributed by atoms with Gasteiger partial charge in [0.25, 0.3) is 0 Å². The Hall–Kier alpha value is -0.870. The van der Waals surface area contributed by atoms with Gasteiger partial charge in [-0.15, -0.1) is 11.3 Å². The number of nitrogens with zero attached hydrogens (tertiary/aromatic N) is 1. The van der Waals surface area contributed by atoms with Crippen LogP contribution in [0.4, 0.5) is 5.13 Å². The van der Waals surface area contributed by atoms with Crippen molar-refractivity contribution in [3.63, 3.8) is 0 Å². The molecule has 0 saturated heterocycles. The van der Waals surface area contributed by atoms with Crippen LogP contribution in [-0.4, -0.2) is 18.1 Å². The fourth-order valence-corrected chi connectivity index (χ4v) is 1.88. The topological polar surface area (TPSA) is 50.9 Å². The van der Waals surface area contributed by atoms with Crippen molar-refractivity contribution < 1.29 is 0 Å². The first-order valence-electron chi connectivity index (χ1n) is 3.97. The maximum atomic E-state index is 5.55. The van der Waals surface area contributed by atoms with Gasteiger partial charge in [-0.1, -0.05) is 6.08 Å². The zero-order chi connectivity index (χ0) is 8.39. The summed E-state index contributed by atoms with van der Waals surface area (Å²) in [6.07, 6.45) is 3.24. The second-order valence-electron chi connectivity index (χ2n) is 2.75. The fourth-order valence-electron chi connectivity index (χ4n) is 1.29. The molecule has 0 fully saturated rings. The third-order valence-electron chi connectivity index (χ3n) is 1.91. The van der Waals surface area contributed by atoms with Gasteiger partial charge in [0.05, 0.1) is 5.69 Å². The van der Waals surface area contributed by atoms with Crippen molar-refractivity contribution in [2.24, 2.45) is 0 Å². The maximum absolute atomic E-state index is 5.55. The molecule has 0 amide bonds. The van der Waals surface area contributed by atoms with Crippen molar-refractivity contribution in [2.45, 2.75) is 6.42 Å². The van der Waals surface area contributed by atoms with Crippen molar-refractivity contribution in [3.8, 4) is 0 Å². The van der Waals surface area contributed by atoms with Gasteiger partial charge in [-0.2, -0.15) is 0 Å². The Balaban J connectivity index is 2.23. The van der Waals surface area contributed by atoms with E-state index >= 15 is 0 Å². The predicted octanol–water partition coefficient (Wildman–Crippen LogP) is 1.10. The third kappa shape index (κ3) is 1.49. The molecule has 3 nitrogen and oxygen atoms in total. The Kier molecular flexibility index (Phi) is 2.10. The number of nitrogens with one attached hydrogen (secondary N) is 1. The van der Waals surface area contributed by atoms with Gasteiger partial charge < -0.3 is 11.1 Å². The molecule has 1 aliphatic heterocycles. The molecule has 1 aromatic heterocycles. The van der Waals surface area contributed by atoms with E-state index in [2.05, 4.69) is 16.4 Å². The van der Waals surface area contributed by atoms with Gasteiger partial charge >= 0.3 is 0 Å². The zero-order valence-corrected chi connectivity index (χ0v) is 7.53. The van der Waals surface area contributed by atoms with Crippen molar-refractivity contribution in [1.82, 2.24) is 10.3 Å². The molecule has 1 aliphatic rings. The molecular weight excluding hydrogens is 170 g/mol. The van der Waals surface area contributed by atoms with E-state index in [0.29, 0.717) is 5.13 Å². The van der Waals surface area contributed by atoms with Crippen LogP contribution in [-0.2, 0) is 0 Å². The Morgan fingerprint density at radius 3 is 3.08 bits per heavy atom. The van der Waals surface area contributed by atoms with E-state index in [0.717, 1.165) is 25.2 Å². The van der Waals surface area contributed by atoms with Gasteiger partial charge in [-0.3, -0.25) is 0 Å². The SMILES string of the molecule is Nc1nc(C2=CCNCC2)cs1. The molecule has 64 valence electrons. The van der Waals surface area contributed by atoms with Gasteiger partial charge in [0.1, 0.15) is 0 Å². The number of hydrogen-bond acceptors (Lipinski definition) is 4. The van der Waals surface area contributed by atoms with Gasteiger partial charge in [0, 0.05) is 11.9 Å². The van der Waals surface area contributed by atoms with Gasteiger partial charge in [0.15, 0.2) is 5.13 Å². The summed E-state index contributed by atoms with van der Waals surface area (Å²) in [5, 5.41) is 5.94. The van der Waals surface area contributed by atoms with E-state index in [4.69, 9.17) is 5.73 Å². The smallest absolute Gasteiger partial charge is 0.180 e. The minimum Gasteiger partial charge on any atom is -0.375 e. The van der Waals surface area contributed by atoms with Crippen LogP contribution in [0.5, 0.6) is 0 Å². The zero-order valence-electron chi connectivity index (χ0n) is 6.71. The van der Waals surface area contributed by atoms with Crippen LogP contribution in [0.2, 0.25) is 0 Å². The maximum Gasteiger partial charge on any atom is 0.180 e. The van der Waals surface area contributed by atoms with Crippen LogP contribution in [0.15, 0.2) is 11.5 Å². The van der Waals surface area contributed by atoms with Gasteiger partial charge in [0.2, 0.25) is 0 Å². The molecule has 3 N–H and O–H groups in total. The lowest BCUT2D eigenvalue weighted by atomic mass is 10.1. The summed E-state index contributed by atoms with van der Waals surface area (Å²) in [6, 6.07) is 0. The summed E-state index contributed by atoms with van der Waals surface area (Å²) in [4.78, 5) is 4.23. The molecule has 0 saturated carbocycles. The number of nitrogen functional groups attached to an aromatic ring is 1. The third-order valence-corrected chi connectivity index (χ3v) is 2.59. The van der Waals surface area contributed by atoms with E-state index in [1.807, 2.05) is 5.38 Å². The Bertz CT molecular complexity index is 303. The highest BCUT2D eigenvalue weighted by atomic mass is 32.1. The van der Waals surface area contributed by atoms with E-state index in [9.17, 15) is 0 Å². The van der Waals surface area contributed by atoms with E-state index in [1.165, 1.54) is 16.9 Å². The van der Waals surface area contributed by atoms with E-state index in [-0.39, 0.29) is 0 Å². The standard InChI is InChI=1S/C8H11N3S/c9-8-11-7(5-12-8)6-1-3-10-4-2-6/h1,5,10H,2-4H2,(H2,9,11). The highest BCUT2D eigenvalue weighted by Crippen LogP contribution is 2.22. The Morgan fingerprint density at radius 1 is 1.58 bits per heavy atom. The number of aromatic nitrogens is 1. The molecule has 0 unspecified atom stereocenters. The normalized spacial score (nSPS) is 17.5. The average Bonchev–Trinajstić information content (AvgIpc) is 2.54. The first-order chi connectivity index (χ1) is 5.86. The summed E-state index contributed by atoms with van der Waals surface area (Å²) >= 11 is 1.50. The second kappa shape index (κ2) is 3.25. The van der Waals surface area contributed by atoms with Crippen LogP contribution in [0, 0.1) is 0 Å². The highest BCUT2D eigenvalue weighted by molar-refractivity contribution is 7.13. The molecule has 0 atom stereocenters. The number of thiazole rings is 1. The molecule has 12 heavy (non-hydrogen) atoms. The quantitative estimate of drug-likeness (QED) is 0.682. The lowest BCUT2D eigenvalue weighted by Gasteiger charge is -2.11. The average molecular weight is 181 g/mol. The molecule has 1 aromatic rings. The van der Waals surface area contributed by atoms with Crippen LogP contribution >= 0.6 is 11.3 Å². The summed E-state index contributed by atoms with van der Waals surface area (Å²) < 4.78 is 0. The van der Waals surface area contributed by atoms with Gasteiger partial charge in [-0.25, -0.2) is 4.98 Å². The first kappa shape index (κ1) is 7.76. The summed E-state index contributed by atoms with van der Waals surface area (Å²) in [6.45, 7) is 2.00. The number of rotatable bonds is 1. The molecule has 0 spiro atoms. The number of nitrogens with two attached hydrogens (primary N) is 1. The van der Waals surface area contributed by atoms with Crippen LogP contribution in [0.1, 0.15) is 12.1 Å². The number of hydrogen-bond donors (Lipinski definition) is 2. The fraction of sp³-hybridized carbons (Fsp3) is 0.375. The minimum atomic E-state index is 0.657. The van der Waals surface area contributed by atoms with Crippen LogP contribution in [0.3, 0.4) is 0 Å². The Morgan fingerprint density at radius 2 is 2.50 bits per heavy atom. The summed E-state index contributed by atoms with van der Waals surface area (Å²) in [5.74, 6) is 0. The van der Waals surface area contributed by atoms with E-state index < -0.39 is 0 Å². The molecule has 2 heterocycles. The summed E-state index contributed by atoms with van der Waals surface area (Å²) in [7, 11) is 0. The molecule has 0 bridgehead atoms. The molecule has 0 aromatic carbocycles. The largest absolute Gasteiger partial charge is 0.375 e. The van der Waals surface area contributed by atoms with E-state index in [1.54, 1.807) is 0 Å². The molecule has 0 aliphatic carbocycles. The second-order valence-corrected chi connectivity index (χ2v) is 3.64. The van der Waals surface area contributed by atoms with Gasteiger partial charge in [-0.05, 0) is 18.5 Å². The van der Waals surface area contributed by atoms with Crippen LogP contribution in [0.25, 0.3) is 5.57 Å². The highest BCUT2D eigenvalue weighted by Gasteiger charge is 2.07. The monoisotopic (exact) mass is 181 g/mol. The molecule has 2 rings (SSSR count). The lowest BCUT2D eigenvalue weighted by molar-refractivity contribution is 0.737. The predicted molar refractivity (Wildman–Crippen MR) is 52.0 cm³/mol. The van der Waals surface area contributed by atoms with Crippen molar-refractivity contribution >= 4 is 22.0 Å². The summed E-state index contributed by atoms with van der Waals surface area (Å²) in [5.41, 5.74) is 7.93. The number of anilines is 1.